The van der Waals surface area contributed by atoms with E-state index in [1.54, 1.807) is 10.9 Å². The van der Waals surface area contributed by atoms with Gasteiger partial charge in [0.2, 0.25) is 5.43 Å². The van der Waals surface area contributed by atoms with E-state index < -0.39 is 17.2 Å². The lowest BCUT2D eigenvalue weighted by Gasteiger charge is -2.15. The van der Waals surface area contributed by atoms with Gasteiger partial charge in [-0.1, -0.05) is 6.07 Å². The Morgan fingerprint density at radius 3 is 2.51 bits per heavy atom. The lowest BCUT2D eigenvalue weighted by Crippen LogP contribution is -2.19. The van der Waals surface area contributed by atoms with E-state index in [1.807, 2.05) is 37.4 Å². The average Bonchev–Trinajstić information content (AvgIpc) is 3.34. The first-order chi connectivity index (χ1) is 16.6. The molecule has 0 atom stereocenters. The van der Waals surface area contributed by atoms with Crippen molar-refractivity contribution >= 4 is 17.1 Å². The summed E-state index contributed by atoms with van der Waals surface area (Å²) in [4.78, 5) is 12.7. The highest BCUT2D eigenvalue weighted by Crippen LogP contribution is 2.31. The molecule has 0 radical (unpaired) electrons. The number of nitrogens with one attached hydrogen (secondary N) is 2. The molecule has 0 spiro atoms. The first-order valence-electron chi connectivity index (χ1n) is 10.5. The van der Waals surface area contributed by atoms with Crippen LogP contribution in [0, 0.1) is 12.3 Å². The van der Waals surface area contributed by atoms with Crippen LogP contribution in [0.25, 0.3) is 17.1 Å². The van der Waals surface area contributed by atoms with Crippen molar-refractivity contribution in [2.75, 3.05) is 5.32 Å². The molecule has 0 amide bonds. The predicted octanol–water partition coefficient (Wildman–Crippen LogP) is 5.24. The van der Waals surface area contributed by atoms with Crippen molar-refractivity contribution in [1.29, 1.82) is 5.41 Å². The Morgan fingerprint density at radius 2 is 1.86 bits per heavy atom. The van der Waals surface area contributed by atoms with Crippen molar-refractivity contribution in [2.45, 2.75) is 20.0 Å². The second kappa shape index (κ2) is 9.41. The Morgan fingerprint density at radius 1 is 1.06 bits per heavy atom. The maximum atomic E-state index is 13.2. The number of rotatable bonds is 6. The van der Waals surface area contributed by atoms with E-state index in [4.69, 9.17) is 5.41 Å². The molecular formula is C25H21F3N6O. The van der Waals surface area contributed by atoms with Crippen molar-refractivity contribution in [3.05, 3.63) is 106 Å². The summed E-state index contributed by atoms with van der Waals surface area (Å²) < 4.78 is 42.7. The summed E-state index contributed by atoms with van der Waals surface area (Å²) in [6, 6.07) is 13.4. The van der Waals surface area contributed by atoms with Gasteiger partial charge in [-0.2, -0.15) is 23.4 Å². The van der Waals surface area contributed by atoms with Crippen LogP contribution in [0.1, 0.15) is 23.7 Å². The Kier molecular flexibility index (Phi) is 6.37. The molecule has 2 aromatic carbocycles. The van der Waals surface area contributed by atoms with Crippen molar-refractivity contribution in [3.63, 3.8) is 0 Å². The lowest BCUT2D eigenvalue weighted by atomic mass is 10.1. The molecule has 4 rings (SSSR count). The highest BCUT2D eigenvalue weighted by Gasteiger charge is 2.30. The Bertz CT molecular complexity index is 1470. The smallest absolute Gasteiger partial charge is 0.354 e. The number of aromatic nitrogens is 4. The second-order valence-corrected chi connectivity index (χ2v) is 7.84. The first-order valence-corrected chi connectivity index (χ1v) is 10.5. The first kappa shape index (κ1) is 23.7. The van der Waals surface area contributed by atoms with E-state index in [9.17, 15) is 18.0 Å². The summed E-state index contributed by atoms with van der Waals surface area (Å²) >= 11 is 0. The molecule has 4 aromatic rings. The van der Waals surface area contributed by atoms with Gasteiger partial charge in [-0.05, 0) is 68.0 Å². The molecule has 0 aliphatic carbocycles. The van der Waals surface area contributed by atoms with Crippen molar-refractivity contribution in [1.82, 2.24) is 19.6 Å². The standard InChI is InChI=1S/C25H21F3N6O/c1-16-13-20(33-11-4-10-30-33)7-8-22(16)34-12-9-23(35)24(32-34)21(14-17(2)29)31-19-6-3-5-18(15-19)25(26,27)28/h3-15,29,31H,1-2H3/b21-14-,29-17?. The average molecular weight is 478 g/mol. The normalized spacial score (nSPS) is 12.0. The SMILES string of the molecule is CC(=N)/C=C(\Nc1cccc(C(F)(F)F)c1)c1nn(-c2ccc(-n3cccn3)cc2C)ccc1=O. The summed E-state index contributed by atoms with van der Waals surface area (Å²) in [5, 5.41) is 19.4. The molecule has 0 bridgehead atoms. The van der Waals surface area contributed by atoms with Crippen LogP contribution < -0.4 is 10.7 Å². The van der Waals surface area contributed by atoms with Gasteiger partial charge in [-0.15, -0.1) is 0 Å². The van der Waals surface area contributed by atoms with Gasteiger partial charge in [0.1, 0.15) is 0 Å². The molecule has 35 heavy (non-hydrogen) atoms. The number of benzene rings is 2. The molecule has 7 nitrogen and oxygen atoms in total. The third kappa shape index (κ3) is 5.37. The van der Waals surface area contributed by atoms with Gasteiger partial charge in [0.15, 0.2) is 5.69 Å². The van der Waals surface area contributed by atoms with E-state index in [1.165, 1.54) is 42.1 Å². The quantitative estimate of drug-likeness (QED) is 0.371. The highest BCUT2D eigenvalue weighted by atomic mass is 19.4. The van der Waals surface area contributed by atoms with Crippen LogP contribution in [-0.4, -0.2) is 25.3 Å². The minimum atomic E-state index is -4.52. The fourth-order valence-electron chi connectivity index (χ4n) is 3.50. The van der Waals surface area contributed by atoms with E-state index in [2.05, 4.69) is 15.5 Å². The molecule has 0 saturated heterocycles. The molecule has 0 fully saturated rings. The zero-order valence-corrected chi connectivity index (χ0v) is 18.8. The topological polar surface area (TPSA) is 88.6 Å². The van der Waals surface area contributed by atoms with Gasteiger partial charge in [-0.3, -0.25) is 4.79 Å². The van der Waals surface area contributed by atoms with Crippen LogP contribution in [0.3, 0.4) is 0 Å². The summed E-state index contributed by atoms with van der Waals surface area (Å²) in [6.07, 6.45) is 1.84. The second-order valence-electron chi connectivity index (χ2n) is 7.84. The predicted molar refractivity (Wildman–Crippen MR) is 128 cm³/mol. The number of halogens is 3. The van der Waals surface area contributed by atoms with E-state index in [-0.39, 0.29) is 22.8 Å². The van der Waals surface area contributed by atoms with Crippen LogP contribution in [0.5, 0.6) is 0 Å². The third-order valence-electron chi connectivity index (χ3n) is 5.09. The maximum absolute atomic E-state index is 13.2. The number of allylic oxidation sites excluding steroid dienone is 1. The maximum Gasteiger partial charge on any atom is 0.416 e. The largest absolute Gasteiger partial charge is 0.416 e. The van der Waals surface area contributed by atoms with Crippen molar-refractivity contribution < 1.29 is 13.2 Å². The fourth-order valence-corrected chi connectivity index (χ4v) is 3.50. The van der Waals surface area contributed by atoms with Crippen molar-refractivity contribution in [3.8, 4) is 11.4 Å². The van der Waals surface area contributed by atoms with Gasteiger partial charge in [0.05, 0.1) is 22.6 Å². The summed E-state index contributed by atoms with van der Waals surface area (Å²) in [6.45, 7) is 3.38. The van der Waals surface area contributed by atoms with Gasteiger partial charge in [0.25, 0.3) is 0 Å². The van der Waals surface area contributed by atoms with Crippen LogP contribution in [0.2, 0.25) is 0 Å². The minimum absolute atomic E-state index is 0.0351. The minimum Gasteiger partial charge on any atom is -0.354 e. The molecule has 2 aromatic heterocycles. The number of alkyl halides is 3. The Balaban J connectivity index is 1.74. The zero-order chi connectivity index (χ0) is 25.2. The van der Waals surface area contributed by atoms with E-state index >= 15 is 0 Å². The lowest BCUT2D eigenvalue weighted by molar-refractivity contribution is -0.137. The molecule has 2 N–H and O–H groups in total. The number of hydrogen-bond donors (Lipinski definition) is 2. The molecule has 178 valence electrons. The number of anilines is 1. The molecule has 0 aliphatic heterocycles. The number of aryl methyl sites for hydroxylation is 1. The molecule has 0 saturated carbocycles. The van der Waals surface area contributed by atoms with E-state index in [0.29, 0.717) is 5.69 Å². The van der Waals surface area contributed by atoms with Crippen LogP contribution in [-0.2, 0) is 6.18 Å². The number of nitrogens with zero attached hydrogens (tertiary/aromatic N) is 4. The van der Waals surface area contributed by atoms with Crippen LogP contribution in [0.4, 0.5) is 18.9 Å². The molecule has 0 aliphatic rings. The highest BCUT2D eigenvalue weighted by molar-refractivity contribution is 5.98. The molecule has 0 unspecified atom stereocenters. The molecular weight excluding hydrogens is 457 g/mol. The monoisotopic (exact) mass is 478 g/mol. The Labute approximate surface area is 198 Å². The number of hydrogen-bond acceptors (Lipinski definition) is 5. The summed E-state index contributed by atoms with van der Waals surface area (Å²) in [5.74, 6) is 0. The molecule has 10 heteroatoms. The summed E-state index contributed by atoms with van der Waals surface area (Å²) in [7, 11) is 0. The third-order valence-corrected chi connectivity index (χ3v) is 5.09. The van der Waals surface area contributed by atoms with Crippen molar-refractivity contribution in [2.24, 2.45) is 0 Å². The Hall–Kier alpha value is -4.47. The molecule has 2 heterocycles. The van der Waals surface area contributed by atoms with E-state index in [0.717, 1.165) is 23.4 Å². The van der Waals surface area contributed by atoms with Crippen LogP contribution >= 0.6 is 0 Å². The van der Waals surface area contributed by atoms with Gasteiger partial charge < -0.3 is 10.7 Å². The fraction of sp³-hybridized carbons (Fsp3) is 0.120. The summed E-state index contributed by atoms with van der Waals surface area (Å²) in [5.41, 5.74) is 1.42. The van der Waals surface area contributed by atoms with Gasteiger partial charge in [-0.25, -0.2) is 9.36 Å². The van der Waals surface area contributed by atoms with Crippen LogP contribution in [0.15, 0.2) is 84.1 Å². The van der Waals surface area contributed by atoms with Gasteiger partial charge in [0, 0.05) is 36.1 Å². The zero-order valence-electron chi connectivity index (χ0n) is 18.8. The van der Waals surface area contributed by atoms with Gasteiger partial charge >= 0.3 is 6.18 Å².